The third kappa shape index (κ3) is 1.63. The van der Waals surface area contributed by atoms with Crippen molar-refractivity contribution in [2.45, 2.75) is 0 Å². The van der Waals surface area contributed by atoms with Crippen molar-refractivity contribution in [3.8, 4) is 16.9 Å². The zero-order chi connectivity index (χ0) is 10.8. The first kappa shape index (κ1) is 9.51. The molecule has 0 unspecified atom stereocenters. The van der Waals surface area contributed by atoms with Gasteiger partial charge >= 0.3 is 0 Å². The summed E-state index contributed by atoms with van der Waals surface area (Å²) in [6.45, 7) is 0. The highest BCUT2D eigenvalue weighted by atomic mass is 19.1. The van der Waals surface area contributed by atoms with E-state index < -0.39 is 0 Å². The van der Waals surface area contributed by atoms with Gasteiger partial charge in [0.2, 0.25) is 0 Å². The first-order valence-corrected chi connectivity index (χ1v) is 4.35. The molecule has 0 radical (unpaired) electrons. The molecule has 1 heterocycles. The number of nitrogens with zero attached hydrogens (tertiary/aromatic N) is 1. The fourth-order valence-electron chi connectivity index (χ4n) is 1.35. The lowest BCUT2D eigenvalue weighted by Gasteiger charge is -2.04. The average Bonchev–Trinajstić information content (AvgIpc) is 2.65. The number of benzene rings is 1. The van der Waals surface area contributed by atoms with Gasteiger partial charge in [-0.1, -0.05) is 0 Å². The van der Waals surface area contributed by atoms with Crippen LogP contribution in [0.1, 0.15) is 0 Å². The summed E-state index contributed by atoms with van der Waals surface area (Å²) in [5.41, 5.74) is 6.52. The molecule has 0 spiro atoms. The van der Waals surface area contributed by atoms with Gasteiger partial charge in [0.05, 0.1) is 13.3 Å². The Kier molecular flexibility index (Phi) is 2.29. The van der Waals surface area contributed by atoms with E-state index >= 15 is 0 Å². The van der Waals surface area contributed by atoms with E-state index in [-0.39, 0.29) is 5.82 Å². The first-order chi connectivity index (χ1) is 7.22. The molecule has 0 aliphatic heterocycles. The van der Waals surface area contributed by atoms with Crippen LogP contribution in [0, 0.1) is 5.82 Å². The van der Waals surface area contributed by atoms with Gasteiger partial charge in [-0.25, -0.2) is 4.39 Å². The number of rotatable bonds is 2. The number of anilines is 1. The zero-order valence-electron chi connectivity index (χ0n) is 8.12. The molecule has 4 nitrogen and oxygen atoms in total. The molecule has 0 aliphatic carbocycles. The molecule has 0 bridgehead atoms. The second-order valence-electron chi connectivity index (χ2n) is 3.04. The summed E-state index contributed by atoms with van der Waals surface area (Å²) in [6.07, 6.45) is 1.48. The van der Waals surface area contributed by atoms with E-state index in [2.05, 4.69) is 10.2 Å². The van der Waals surface area contributed by atoms with E-state index in [1.807, 2.05) is 0 Å². The van der Waals surface area contributed by atoms with Crippen molar-refractivity contribution in [3.05, 3.63) is 30.2 Å². The third-order valence-electron chi connectivity index (χ3n) is 2.13. The highest BCUT2D eigenvalue weighted by Crippen LogP contribution is 2.29. The minimum absolute atomic E-state index is 0.335. The van der Waals surface area contributed by atoms with Gasteiger partial charge in [-0.3, -0.25) is 5.10 Å². The van der Waals surface area contributed by atoms with Crippen LogP contribution in [0.25, 0.3) is 11.1 Å². The fourth-order valence-corrected chi connectivity index (χ4v) is 1.35. The van der Waals surface area contributed by atoms with Gasteiger partial charge in [0.1, 0.15) is 17.4 Å². The van der Waals surface area contributed by atoms with Crippen molar-refractivity contribution in [1.29, 1.82) is 0 Å². The summed E-state index contributed by atoms with van der Waals surface area (Å²) >= 11 is 0. The Hall–Kier alpha value is -2.04. The van der Waals surface area contributed by atoms with E-state index in [4.69, 9.17) is 10.5 Å². The molecule has 15 heavy (non-hydrogen) atoms. The number of ether oxygens (including phenoxy) is 1. The topological polar surface area (TPSA) is 63.9 Å². The molecule has 0 atom stereocenters. The van der Waals surface area contributed by atoms with Gasteiger partial charge < -0.3 is 10.5 Å². The van der Waals surface area contributed by atoms with E-state index in [1.54, 1.807) is 12.1 Å². The normalized spacial score (nSPS) is 10.3. The second-order valence-corrected chi connectivity index (χ2v) is 3.04. The van der Waals surface area contributed by atoms with Crippen molar-refractivity contribution in [2.75, 3.05) is 12.8 Å². The lowest BCUT2D eigenvalue weighted by molar-refractivity contribution is 0.414. The van der Waals surface area contributed by atoms with Gasteiger partial charge in [0.15, 0.2) is 0 Å². The van der Waals surface area contributed by atoms with Crippen LogP contribution in [0.15, 0.2) is 24.4 Å². The highest BCUT2D eigenvalue weighted by molar-refractivity contribution is 5.74. The van der Waals surface area contributed by atoms with Crippen molar-refractivity contribution in [1.82, 2.24) is 10.2 Å². The predicted molar refractivity (Wildman–Crippen MR) is 54.9 cm³/mol. The summed E-state index contributed by atoms with van der Waals surface area (Å²) in [6, 6.07) is 4.46. The minimum Gasteiger partial charge on any atom is -0.497 e. The van der Waals surface area contributed by atoms with Crippen LogP contribution >= 0.6 is 0 Å². The molecule has 78 valence electrons. The molecule has 3 N–H and O–H groups in total. The Morgan fingerprint density at radius 3 is 2.80 bits per heavy atom. The standard InChI is InChI=1S/C10H10FN3O/c1-15-6-2-3-9(11)7(4-6)8-5-13-14-10(8)12/h2-5H,1H3,(H3,12,13,14). The van der Waals surface area contributed by atoms with E-state index in [9.17, 15) is 4.39 Å². The maximum atomic E-state index is 13.5. The van der Waals surface area contributed by atoms with Crippen LogP contribution in [0.2, 0.25) is 0 Å². The van der Waals surface area contributed by atoms with Crippen LogP contribution in [-0.2, 0) is 0 Å². The summed E-state index contributed by atoms with van der Waals surface area (Å²) < 4.78 is 18.5. The molecule has 0 amide bonds. The molecule has 0 saturated heterocycles. The lowest BCUT2D eigenvalue weighted by atomic mass is 10.1. The SMILES string of the molecule is COc1ccc(F)c(-c2cn[nH]c2N)c1. The van der Waals surface area contributed by atoms with Gasteiger partial charge in [0, 0.05) is 11.1 Å². The number of hydrogen-bond donors (Lipinski definition) is 2. The summed E-state index contributed by atoms with van der Waals surface area (Å²) in [4.78, 5) is 0. The Morgan fingerprint density at radius 1 is 1.40 bits per heavy atom. The smallest absolute Gasteiger partial charge is 0.131 e. The number of methoxy groups -OCH3 is 1. The van der Waals surface area contributed by atoms with Crippen molar-refractivity contribution < 1.29 is 9.13 Å². The Labute approximate surface area is 85.9 Å². The molecule has 2 aromatic rings. The molecule has 1 aromatic heterocycles. The molecular weight excluding hydrogens is 197 g/mol. The van der Waals surface area contributed by atoms with Crippen LogP contribution in [0.5, 0.6) is 5.75 Å². The second kappa shape index (κ2) is 3.61. The Balaban J connectivity index is 2.56. The monoisotopic (exact) mass is 207 g/mol. The maximum absolute atomic E-state index is 13.5. The van der Waals surface area contributed by atoms with E-state index in [0.29, 0.717) is 22.7 Å². The maximum Gasteiger partial charge on any atom is 0.131 e. The number of halogens is 1. The number of nitrogens with two attached hydrogens (primary N) is 1. The number of nitrogens with one attached hydrogen (secondary N) is 1. The third-order valence-corrected chi connectivity index (χ3v) is 2.13. The minimum atomic E-state index is -0.357. The fraction of sp³-hybridized carbons (Fsp3) is 0.100. The Bertz CT molecular complexity index is 481. The molecule has 0 aliphatic rings. The van der Waals surface area contributed by atoms with E-state index in [0.717, 1.165) is 0 Å². The number of nitrogen functional groups attached to an aromatic ring is 1. The van der Waals surface area contributed by atoms with Crippen molar-refractivity contribution >= 4 is 5.82 Å². The van der Waals surface area contributed by atoms with Crippen LogP contribution in [-0.4, -0.2) is 17.3 Å². The molecule has 1 aromatic carbocycles. The lowest BCUT2D eigenvalue weighted by Crippen LogP contribution is -1.91. The quantitative estimate of drug-likeness (QED) is 0.789. The van der Waals surface area contributed by atoms with Crippen molar-refractivity contribution in [3.63, 3.8) is 0 Å². The number of hydrogen-bond acceptors (Lipinski definition) is 3. The highest BCUT2D eigenvalue weighted by Gasteiger charge is 2.10. The Morgan fingerprint density at radius 2 is 2.20 bits per heavy atom. The van der Waals surface area contributed by atoms with Gasteiger partial charge in [-0.2, -0.15) is 5.10 Å². The van der Waals surface area contributed by atoms with Gasteiger partial charge in [-0.15, -0.1) is 0 Å². The van der Waals surface area contributed by atoms with Crippen LogP contribution < -0.4 is 10.5 Å². The van der Waals surface area contributed by atoms with Gasteiger partial charge in [0.25, 0.3) is 0 Å². The molecule has 0 saturated carbocycles. The number of aromatic amines is 1. The van der Waals surface area contributed by atoms with E-state index in [1.165, 1.54) is 19.4 Å². The summed E-state index contributed by atoms with van der Waals surface area (Å²) in [5.74, 6) is 0.554. The van der Waals surface area contributed by atoms with Crippen LogP contribution in [0.3, 0.4) is 0 Å². The largest absolute Gasteiger partial charge is 0.497 e. The zero-order valence-corrected chi connectivity index (χ0v) is 8.12. The first-order valence-electron chi connectivity index (χ1n) is 4.35. The van der Waals surface area contributed by atoms with Crippen LogP contribution in [0.4, 0.5) is 10.2 Å². The molecule has 0 fully saturated rings. The molecule has 5 heteroatoms. The number of aromatic nitrogens is 2. The summed E-state index contributed by atoms with van der Waals surface area (Å²) in [5, 5.41) is 6.29. The van der Waals surface area contributed by atoms with Crippen molar-refractivity contribution in [2.24, 2.45) is 0 Å². The molecule has 2 rings (SSSR count). The predicted octanol–water partition coefficient (Wildman–Crippen LogP) is 1.81. The summed E-state index contributed by atoms with van der Waals surface area (Å²) in [7, 11) is 1.52. The number of H-pyrrole nitrogens is 1. The van der Waals surface area contributed by atoms with Gasteiger partial charge in [-0.05, 0) is 18.2 Å². The molecular formula is C10H10FN3O. The average molecular weight is 207 g/mol.